The number of sulfonamides is 1. The maximum atomic E-state index is 11.9. The van der Waals surface area contributed by atoms with Crippen molar-refractivity contribution in [3.8, 4) is 0 Å². The predicted molar refractivity (Wildman–Crippen MR) is 123 cm³/mol. The van der Waals surface area contributed by atoms with Gasteiger partial charge in [0, 0.05) is 12.6 Å². The monoisotopic (exact) mass is 480 g/mol. The SMILES string of the molecule is CNC(=O)c1ccc(Cl)c(Nc2ncc(Cl)c(Nc3ccccc3NS(C)(=O)=O)n2)c1. The van der Waals surface area contributed by atoms with Gasteiger partial charge in [0.15, 0.2) is 5.82 Å². The minimum atomic E-state index is -3.48. The first kappa shape index (κ1) is 22.6. The molecule has 0 aliphatic rings. The quantitative estimate of drug-likeness (QED) is 0.402. The van der Waals surface area contributed by atoms with Crippen molar-refractivity contribution >= 4 is 68.0 Å². The lowest BCUT2D eigenvalue weighted by atomic mass is 10.2. The van der Waals surface area contributed by atoms with Crippen LogP contribution in [-0.2, 0) is 10.0 Å². The van der Waals surface area contributed by atoms with Gasteiger partial charge < -0.3 is 16.0 Å². The molecule has 3 aromatic rings. The molecule has 1 aromatic heterocycles. The van der Waals surface area contributed by atoms with E-state index in [1.165, 1.54) is 13.2 Å². The van der Waals surface area contributed by atoms with Crippen molar-refractivity contribution in [1.29, 1.82) is 0 Å². The number of amides is 1. The van der Waals surface area contributed by atoms with Crippen LogP contribution in [0.5, 0.6) is 0 Å². The molecular weight excluding hydrogens is 463 g/mol. The van der Waals surface area contributed by atoms with Crippen LogP contribution in [0.25, 0.3) is 0 Å². The number of anilines is 5. The van der Waals surface area contributed by atoms with Crippen LogP contribution in [0, 0.1) is 0 Å². The Hall–Kier alpha value is -3.08. The number of carbonyl (C=O) groups is 1. The van der Waals surface area contributed by atoms with Gasteiger partial charge in [-0.2, -0.15) is 4.98 Å². The first-order valence-electron chi connectivity index (χ1n) is 8.81. The fourth-order valence-corrected chi connectivity index (χ4v) is 3.43. The van der Waals surface area contributed by atoms with Crippen LogP contribution in [0.1, 0.15) is 10.4 Å². The van der Waals surface area contributed by atoms with E-state index in [9.17, 15) is 13.2 Å². The third-order valence-corrected chi connectivity index (χ3v) is 5.12. The molecule has 1 amide bonds. The molecule has 0 fully saturated rings. The highest BCUT2D eigenvalue weighted by atomic mass is 35.5. The van der Waals surface area contributed by atoms with Gasteiger partial charge in [-0.05, 0) is 30.3 Å². The number of aromatic nitrogens is 2. The van der Waals surface area contributed by atoms with Crippen LogP contribution >= 0.6 is 23.2 Å². The fraction of sp³-hybridized carbons (Fsp3) is 0.105. The van der Waals surface area contributed by atoms with E-state index < -0.39 is 10.0 Å². The summed E-state index contributed by atoms with van der Waals surface area (Å²) in [5, 5.41) is 9.07. The maximum absolute atomic E-state index is 11.9. The molecule has 0 saturated carbocycles. The molecule has 4 N–H and O–H groups in total. The number of benzene rings is 2. The Kier molecular flexibility index (Phi) is 6.84. The normalized spacial score (nSPS) is 11.0. The molecule has 0 spiro atoms. The van der Waals surface area contributed by atoms with Crippen molar-refractivity contribution < 1.29 is 13.2 Å². The zero-order chi connectivity index (χ0) is 22.6. The number of nitrogens with zero attached hydrogens (tertiary/aromatic N) is 2. The molecule has 0 saturated heterocycles. The molecule has 0 radical (unpaired) electrons. The van der Waals surface area contributed by atoms with Gasteiger partial charge >= 0.3 is 0 Å². The number of carbonyl (C=O) groups excluding carboxylic acids is 1. The van der Waals surface area contributed by atoms with Gasteiger partial charge in [-0.1, -0.05) is 35.3 Å². The van der Waals surface area contributed by atoms with E-state index in [-0.39, 0.29) is 22.7 Å². The van der Waals surface area contributed by atoms with Gasteiger partial charge in [0.1, 0.15) is 5.02 Å². The minimum absolute atomic E-state index is 0.163. The smallest absolute Gasteiger partial charge is 0.251 e. The number of para-hydroxylation sites is 2. The van der Waals surface area contributed by atoms with E-state index in [1.807, 2.05) is 0 Å². The Morgan fingerprint density at radius 1 is 0.968 bits per heavy atom. The van der Waals surface area contributed by atoms with Gasteiger partial charge in [-0.3, -0.25) is 9.52 Å². The Morgan fingerprint density at radius 2 is 1.68 bits per heavy atom. The molecule has 0 atom stereocenters. The second kappa shape index (κ2) is 9.38. The van der Waals surface area contributed by atoms with Crippen LogP contribution in [0.15, 0.2) is 48.7 Å². The van der Waals surface area contributed by atoms with Crippen molar-refractivity contribution in [2.75, 3.05) is 28.7 Å². The topological polar surface area (TPSA) is 125 Å². The number of hydrogen-bond acceptors (Lipinski definition) is 7. The molecular formula is C19H18Cl2N6O3S. The Labute approximate surface area is 189 Å². The fourth-order valence-electron chi connectivity index (χ4n) is 2.55. The predicted octanol–water partition coefficient (Wildman–Crippen LogP) is 4.00. The highest BCUT2D eigenvalue weighted by molar-refractivity contribution is 7.92. The van der Waals surface area contributed by atoms with Crippen molar-refractivity contribution in [3.05, 3.63) is 64.3 Å². The zero-order valence-electron chi connectivity index (χ0n) is 16.4. The molecule has 3 rings (SSSR count). The summed E-state index contributed by atoms with van der Waals surface area (Å²) in [4.78, 5) is 20.3. The lowest BCUT2D eigenvalue weighted by molar-refractivity contribution is 0.0963. The summed E-state index contributed by atoms with van der Waals surface area (Å²) in [6, 6.07) is 11.4. The largest absolute Gasteiger partial charge is 0.355 e. The standard InChI is InChI=1S/C19H18Cl2N6O3S/c1-22-18(28)11-7-8-12(20)16(9-11)25-19-23-10-13(21)17(26-19)24-14-5-3-4-6-15(14)27-31(2,29)30/h3-10,27H,1-2H3,(H,22,28)(H2,23,24,25,26). The molecule has 0 bridgehead atoms. The molecule has 12 heteroatoms. The van der Waals surface area contributed by atoms with Crippen LogP contribution in [-0.4, -0.2) is 37.6 Å². The highest BCUT2D eigenvalue weighted by Gasteiger charge is 2.13. The molecule has 0 aliphatic carbocycles. The van der Waals surface area contributed by atoms with Crippen molar-refractivity contribution in [3.63, 3.8) is 0 Å². The molecule has 1 heterocycles. The van der Waals surface area contributed by atoms with E-state index in [2.05, 4.69) is 30.6 Å². The summed E-state index contributed by atoms with van der Waals surface area (Å²) >= 11 is 12.4. The third-order valence-electron chi connectivity index (χ3n) is 3.92. The Morgan fingerprint density at radius 3 is 2.35 bits per heavy atom. The summed E-state index contributed by atoms with van der Waals surface area (Å²) in [5.74, 6) is 0.131. The second-order valence-electron chi connectivity index (χ2n) is 6.33. The lowest BCUT2D eigenvalue weighted by Crippen LogP contribution is -2.17. The van der Waals surface area contributed by atoms with E-state index >= 15 is 0 Å². The van der Waals surface area contributed by atoms with E-state index in [0.717, 1.165) is 6.26 Å². The third kappa shape index (κ3) is 5.97. The Bertz CT molecular complexity index is 1240. The van der Waals surface area contributed by atoms with Crippen molar-refractivity contribution in [2.24, 2.45) is 0 Å². The van der Waals surface area contributed by atoms with Gasteiger partial charge in [-0.25, -0.2) is 13.4 Å². The Balaban J connectivity index is 1.90. The maximum Gasteiger partial charge on any atom is 0.251 e. The average molecular weight is 481 g/mol. The van der Waals surface area contributed by atoms with E-state index in [1.54, 1.807) is 42.5 Å². The summed E-state index contributed by atoms with van der Waals surface area (Å²) < 4.78 is 25.7. The second-order valence-corrected chi connectivity index (χ2v) is 8.90. The summed E-state index contributed by atoms with van der Waals surface area (Å²) in [5.41, 5.74) is 1.60. The van der Waals surface area contributed by atoms with Gasteiger partial charge in [0.05, 0.1) is 34.5 Å². The van der Waals surface area contributed by atoms with Crippen LogP contribution in [0.3, 0.4) is 0 Å². The molecule has 2 aromatic carbocycles. The highest BCUT2D eigenvalue weighted by Crippen LogP contribution is 2.31. The van der Waals surface area contributed by atoms with Crippen LogP contribution < -0.4 is 20.7 Å². The molecule has 0 aliphatic heterocycles. The van der Waals surface area contributed by atoms with Gasteiger partial charge in [0.2, 0.25) is 16.0 Å². The number of rotatable bonds is 7. The molecule has 9 nitrogen and oxygen atoms in total. The van der Waals surface area contributed by atoms with Crippen molar-refractivity contribution in [2.45, 2.75) is 0 Å². The zero-order valence-corrected chi connectivity index (χ0v) is 18.7. The van der Waals surface area contributed by atoms with Crippen molar-refractivity contribution in [1.82, 2.24) is 15.3 Å². The van der Waals surface area contributed by atoms with Gasteiger partial charge in [-0.15, -0.1) is 0 Å². The molecule has 31 heavy (non-hydrogen) atoms. The first-order valence-corrected chi connectivity index (χ1v) is 11.5. The van der Waals surface area contributed by atoms with Crippen LogP contribution in [0.4, 0.5) is 28.8 Å². The molecule has 0 unspecified atom stereocenters. The number of nitrogens with one attached hydrogen (secondary N) is 4. The summed E-state index contributed by atoms with van der Waals surface area (Å²) in [7, 11) is -1.96. The van der Waals surface area contributed by atoms with Gasteiger partial charge in [0.25, 0.3) is 5.91 Å². The minimum Gasteiger partial charge on any atom is -0.355 e. The van der Waals surface area contributed by atoms with E-state index in [0.29, 0.717) is 27.6 Å². The first-order chi connectivity index (χ1) is 14.7. The average Bonchev–Trinajstić information content (AvgIpc) is 2.72. The van der Waals surface area contributed by atoms with Crippen LogP contribution in [0.2, 0.25) is 10.0 Å². The molecule has 162 valence electrons. The lowest BCUT2D eigenvalue weighted by Gasteiger charge is -2.14. The summed E-state index contributed by atoms with van der Waals surface area (Å²) in [6.07, 6.45) is 2.43. The number of hydrogen-bond donors (Lipinski definition) is 4. The van der Waals surface area contributed by atoms with E-state index in [4.69, 9.17) is 23.2 Å². The number of halogens is 2. The summed E-state index contributed by atoms with van der Waals surface area (Å²) in [6.45, 7) is 0.